The number of benzene rings is 2. The van der Waals surface area contributed by atoms with Crippen LogP contribution in [0.4, 0.5) is 20.5 Å². The molecular weight excluding hydrogens is 328 g/mol. The first-order chi connectivity index (χ1) is 11.9. The van der Waals surface area contributed by atoms with Crippen LogP contribution < -0.4 is 10.1 Å². The molecule has 0 saturated carbocycles. The van der Waals surface area contributed by atoms with Gasteiger partial charge in [-0.3, -0.25) is 0 Å². The zero-order chi connectivity index (χ0) is 18.0. The molecule has 7 heteroatoms. The van der Waals surface area contributed by atoms with Gasteiger partial charge in [0.1, 0.15) is 5.75 Å². The Morgan fingerprint density at radius 1 is 1.00 bits per heavy atom. The van der Waals surface area contributed by atoms with Crippen molar-refractivity contribution in [2.24, 2.45) is 0 Å². The van der Waals surface area contributed by atoms with Crippen LogP contribution in [0.5, 0.6) is 5.75 Å². The highest BCUT2D eigenvalue weighted by atomic mass is 19.2. The predicted molar refractivity (Wildman–Crippen MR) is 89.1 cm³/mol. The van der Waals surface area contributed by atoms with Gasteiger partial charge in [-0.2, -0.15) is 0 Å². The zero-order valence-corrected chi connectivity index (χ0v) is 14.0. The fourth-order valence-electron chi connectivity index (χ4n) is 2.35. The summed E-state index contributed by atoms with van der Waals surface area (Å²) in [6, 6.07) is 11.1. The Hall–Kier alpha value is -2.96. The monoisotopic (exact) mass is 345 g/mol. The summed E-state index contributed by atoms with van der Waals surface area (Å²) in [5, 5.41) is 10.8. The number of methoxy groups -OCH3 is 1. The standard InChI is InChI=1S/C18H17F2N3O2/c1-18(2,11-4-7-13(24-3)8-5-11)16-22-23-17(25-16)21-12-6-9-14(19)15(20)10-12/h4-10H,1-3H3,(H,21,23). The van der Waals surface area contributed by atoms with Gasteiger partial charge in [0.15, 0.2) is 11.6 Å². The highest BCUT2D eigenvalue weighted by Crippen LogP contribution is 2.32. The lowest BCUT2D eigenvalue weighted by Crippen LogP contribution is -2.19. The van der Waals surface area contributed by atoms with Crippen molar-refractivity contribution in [3.05, 3.63) is 65.6 Å². The van der Waals surface area contributed by atoms with Gasteiger partial charge in [0.2, 0.25) is 5.89 Å². The number of hydrogen-bond donors (Lipinski definition) is 1. The number of rotatable bonds is 5. The molecule has 0 saturated heterocycles. The van der Waals surface area contributed by atoms with Crippen LogP contribution in [0.2, 0.25) is 0 Å². The topological polar surface area (TPSA) is 60.2 Å². The molecular formula is C18H17F2N3O2. The first kappa shape index (κ1) is 16.9. The largest absolute Gasteiger partial charge is 0.497 e. The third-order valence-electron chi connectivity index (χ3n) is 3.94. The van der Waals surface area contributed by atoms with Gasteiger partial charge in [0, 0.05) is 11.8 Å². The molecule has 0 aliphatic rings. The van der Waals surface area contributed by atoms with Gasteiger partial charge in [-0.05, 0) is 43.7 Å². The molecule has 0 amide bonds. The number of hydrogen-bond acceptors (Lipinski definition) is 5. The Labute approximate surface area is 143 Å². The Morgan fingerprint density at radius 3 is 2.36 bits per heavy atom. The summed E-state index contributed by atoms with van der Waals surface area (Å²) >= 11 is 0. The maximum atomic E-state index is 13.3. The lowest BCUT2D eigenvalue weighted by atomic mass is 9.84. The van der Waals surface area contributed by atoms with Gasteiger partial charge in [0.25, 0.3) is 0 Å². The minimum atomic E-state index is -0.955. The van der Waals surface area contributed by atoms with Crippen molar-refractivity contribution in [2.45, 2.75) is 19.3 Å². The first-order valence-electron chi connectivity index (χ1n) is 7.61. The highest BCUT2D eigenvalue weighted by Gasteiger charge is 2.29. The summed E-state index contributed by atoms with van der Waals surface area (Å²) in [7, 11) is 1.61. The molecule has 0 bridgehead atoms. The van der Waals surface area contributed by atoms with E-state index in [0.29, 0.717) is 11.6 Å². The molecule has 25 heavy (non-hydrogen) atoms. The van der Waals surface area contributed by atoms with E-state index in [9.17, 15) is 8.78 Å². The van der Waals surface area contributed by atoms with E-state index in [-0.39, 0.29) is 6.01 Å². The van der Waals surface area contributed by atoms with Crippen molar-refractivity contribution in [1.29, 1.82) is 0 Å². The Balaban J connectivity index is 1.82. The normalized spacial score (nSPS) is 11.4. The lowest BCUT2D eigenvalue weighted by molar-refractivity contribution is 0.410. The van der Waals surface area contributed by atoms with Crippen LogP contribution in [0.15, 0.2) is 46.9 Å². The molecule has 0 aliphatic carbocycles. The Bertz CT molecular complexity index is 876. The van der Waals surface area contributed by atoms with Crippen molar-refractivity contribution in [3.63, 3.8) is 0 Å². The maximum Gasteiger partial charge on any atom is 0.320 e. The fraction of sp³-hybridized carbons (Fsp3) is 0.222. The molecule has 1 heterocycles. The molecule has 0 atom stereocenters. The highest BCUT2D eigenvalue weighted by molar-refractivity contribution is 5.51. The summed E-state index contributed by atoms with van der Waals surface area (Å²) in [6.45, 7) is 3.90. The summed E-state index contributed by atoms with van der Waals surface area (Å²) in [5.41, 5.74) is 0.750. The second-order valence-electron chi connectivity index (χ2n) is 6.02. The number of aromatic nitrogens is 2. The van der Waals surface area contributed by atoms with Gasteiger partial charge in [0.05, 0.1) is 12.5 Å². The minimum Gasteiger partial charge on any atom is -0.497 e. The quantitative estimate of drug-likeness (QED) is 0.741. The number of nitrogens with one attached hydrogen (secondary N) is 1. The van der Waals surface area contributed by atoms with Crippen LogP contribution >= 0.6 is 0 Å². The van der Waals surface area contributed by atoms with Gasteiger partial charge in [-0.15, -0.1) is 5.10 Å². The summed E-state index contributed by atoms with van der Waals surface area (Å²) in [5.74, 6) is -0.728. The van der Waals surface area contributed by atoms with E-state index in [2.05, 4.69) is 15.5 Å². The van der Waals surface area contributed by atoms with Crippen molar-refractivity contribution in [3.8, 4) is 5.75 Å². The zero-order valence-electron chi connectivity index (χ0n) is 14.0. The molecule has 0 spiro atoms. The third kappa shape index (κ3) is 3.45. The van der Waals surface area contributed by atoms with E-state index in [0.717, 1.165) is 23.4 Å². The van der Waals surface area contributed by atoms with Crippen LogP contribution in [-0.4, -0.2) is 17.3 Å². The molecule has 130 valence electrons. The SMILES string of the molecule is COc1ccc(C(C)(C)c2nnc(Nc3ccc(F)c(F)c3)o2)cc1. The second-order valence-corrected chi connectivity index (χ2v) is 6.02. The molecule has 5 nitrogen and oxygen atoms in total. The van der Waals surface area contributed by atoms with E-state index in [4.69, 9.17) is 9.15 Å². The number of halogens is 2. The van der Waals surface area contributed by atoms with E-state index in [1.54, 1.807) is 7.11 Å². The molecule has 1 aromatic heterocycles. The average molecular weight is 345 g/mol. The van der Waals surface area contributed by atoms with Crippen molar-refractivity contribution < 1.29 is 17.9 Å². The Kier molecular flexibility index (Phi) is 4.39. The summed E-state index contributed by atoms with van der Waals surface area (Å²) in [4.78, 5) is 0. The minimum absolute atomic E-state index is 0.0996. The van der Waals surface area contributed by atoms with Crippen LogP contribution in [0.25, 0.3) is 0 Å². The fourth-order valence-corrected chi connectivity index (χ4v) is 2.35. The van der Waals surface area contributed by atoms with Crippen LogP contribution in [0.1, 0.15) is 25.3 Å². The van der Waals surface area contributed by atoms with E-state index in [1.807, 2.05) is 38.1 Å². The number of nitrogens with zero attached hydrogens (tertiary/aromatic N) is 2. The molecule has 2 aromatic carbocycles. The van der Waals surface area contributed by atoms with Crippen LogP contribution in [0, 0.1) is 11.6 Å². The van der Waals surface area contributed by atoms with Gasteiger partial charge < -0.3 is 14.5 Å². The molecule has 0 radical (unpaired) electrons. The van der Waals surface area contributed by atoms with Crippen molar-refractivity contribution in [1.82, 2.24) is 10.2 Å². The number of anilines is 2. The smallest absolute Gasteiger partial charge is 0.320 e. The van der Waals surface area contributed by atoms with Crippen molar-refractivity contribution in [2.75, 3.05) is 12.4 Å². The Morgan fingerprint density at radius 2 is 1.72 bits per heavy atom. The molecule has 0 aliphatic heterocycles. The van der Waals surface area contributed by atoms with E-state index < -0.39 is 17.0 Å². The van der Waals surface area contributed by atoms with Gasteiger partial charge in [-0.1, -0.05) is 17.2 Å². The van der Waals surface area contributed by atoms with E-state index in [1.165, 1.54) is 6.07 Å². The molecule has 3 aromatic rings. The molecule has 1 N–H and O–H groups in total. The lowest BCUT2D eigenvalue weighted by Gasteiger charge is -2.20. The summed E-state index contributed by atoms with van der Waals surface area (Å²) < 4.78 is 37.1. The van der Waals surface area contributed by atoms with E-state index >= 15 is 0 Å². The van der Waals surface area contributed by atoms with Gasteiger partial charge in [-0.25, -0.2) is 8.78 Å². The van der Waals surface area contributed by atoms with Crippen molar-refractivity contribution >= 4 is 11.7 Å². The predicted octanol–water partition coefficient (Wildman–Crippen LogP) is 4.43. The molecule has 3 rings (SSSR count). The van der Waals surface area contributed by atoms with Crippen LogP contribution in [0.3, 0.4) is 0 Å². The summed E-state index contributed by atoms with van der Waals surface area (Å²) in [6.07, 6.45) is 0. The average Bonchev–Trinajstić information content (AvgIpc) is 3.07. The van der Waals surface area contributed by atoms with Gasteiger partial charge >= 0.3 is 6.01 Å². The number of ether oxygens (including phenoxy) is 1. The molecule has 0 unspecified atom stereocenters. The third-order valence-corrected chi connectivity index (χ3v) is 3.94. The second kappa shape index (κ2) is 6.51. The maximum absolute atomic E-state index is 13.3. The first-order valence-corrected chi connectivity index (χ1v) is 7.61. The molecule has 0 fully saturated rings. The van der Waals surface area contributed by atoms with Crippen LogP contribution in [-0.2, 0) is 5.41 Å².